The van der Waals surface area contributed by atoms with Gasteiger partial charge in [-0.2, -0.15) is 0 Å². The number of aliphatic carboxylic acids is 1. The van der Waals surface area contributed by atoms with Crippen molar-refractivity contribution >= 4 is 73.7 Å². The largest absolute Gasteiger partial charge is 1.00 e. The number of hydrogen-bond acceptors (Lipinski definition) is 4. The minimum absolute atomic E-state index is 0. The van der Waals surface area contributed by atoms with E-state index in [9.17, 15) is 15.0 Å². The van der Waals surface area contributed by atoms with Gasteiger partial charge in [0.05, 0.1) is 0 Å². The Hall–Kier alpha value is 0.660. The SMILES string of the molecule is N[C@](I)(C(=O)O)C(I)(I)c1ccc(Oc2ccc([O-])cc2)cc1.[Na+]. The fourth-order valence-electron chi connectivity index (χ4n) is 1.72. The summed E-state index contributed by atoms with van der Waals surface area (Å²) in [5.41, 5.74) is 6.72. The fourth-order valence-corrected chi connectivity index (χ4v) is 3.21. The Bertz CT molecular complexity index is 706. The molecule has 0 heterocycles. The van der Waals surface area contributed by atoms with Crippen LogP contribution in [-0.4, -0.2) is 14.6 Å². The van der Waals surface area contributed by atoms with Crippen molar-refractivity contribution in [3.63, 3.8) is 0 Å². The van der Waals surface area contributed by atoms with Crippen LogP contribution in [0.4, 0.5) is 0 Å². The van der Waals surface area contributed by atoms with Crippen LogP contribution in [-0.2, 0) is 6.22 Å². The summed E-state index contributed by atoms with van der Waals surface area (Å²) < 4.78 is 3.35. The molecule has 3 N–H and O–H groups in total. The minimum Gasteiger partial charge on any atom is -0.872 e. The Morgan fingerprint density at radius 3 is 1.83 bits per heavy atom. The van der Waals surface area contributed by atoms with Crippen LogP contribution < -0.4 is 45.1 Å². The Morgan fingerprint density at radius 2 is 1.42 bits per heavy atom. The van der Waals surface area contributed by atoms with Gasteiger partial charge >= 0.3 is 35.5 Å². The molecule has 24 heavy (non-hydrogen) atoms. The molecule has 0 amide bonds. The van der Waals surface area contributed by atoms with Crippen molar-refractivity contribution < 1.29 is 49.3 Å². The van der Waals surface area contributed by atoms with Gasteiger partial charge in [-0.3, -0.25) is 0 Å². The third-order valence-corrected chi connectivity index (χ3v) is 9.33. The Morgan fingerprint density at radius 1 is 1.00 bits per heavy atom. The van der Waals surface area contributed by atoms with Crippen molar-refractivity contribution in [2.75, 3.05) is 0 Å². The Balaban J connectivity index is 0.00000288. The van der Waals surface area contributed by atoms with E-state index in [4.69, 9.17) is 10.5 Å². The van der Waals surface area contributed by atoms with E-state index in [-0.39, 0.29) is 35.3 Å². The summed E-state index contributed by atoms with van der Waals surface area (Å²) in [5, 5.41) is 20.4. The average molecular weight is 673 g/mol. The molecule has 2 aromatic rings. The van der Waals surface area contributed by atoms with Crippen molar-refractivity contribution in [3.8, 4) is 17.2 Å². The van der Waals surface area contributed by atoms with Crippen molar-refractivity contribution in [2.45, 2.75) is 4.97 Å². The van der Waals surface area contributed by atoms with E-state index in [1.807, 2.05) is 45.2 Å². The summed E-state index contributed by atoms with van der Waals surface area (Å²) in [6.45, 7) is 0. The molecule has 0 aromatic heterocycles. The van der Waals surface area contributed by atoms with Crippen LogP contribution in [0.3, 0.4) is 0 Å². The van der Waals surface area contributed by atoms with Crippen molar-refractivity contribution in [1.82, 2.24) is 0 Å². The van der Waals surface area contributed by atoms with Crippen LogP contribution in [0.2, 0.25) is 0 Å². The predicted octanol–water partition coefficient (Wildman–Crippen LogP) is 0.754. The number of carbonyl (C=O) groups is 1. The molecule has 2 rings (SSSR count). The average Bonchev–Trinajstić information content (AvgIpc) is 2.50. The van der Waals surface area contributed by atoms with E-state index in [1.54, 1.807) is 59.0 Å². The molecule has 0 spiro atoms. The first-order chi connectivity index (χ1) is 10.6. The predicted molar refractivity (Wildman–Crippen MR) is 111 cm³/mol. The normalized spacial score (nSPS) is 13.5. The summed E-state index contributed by atoms with van der Waals surface area (Å²) in [6, 6.07) is 13.1. The Kier molecular flexibility index (Phi) is 8.55. The van der Waals surface area contributed by atoms with Crippen molar-refractivity contribution in [2.24, 2.45) is 5.73 Å². The number of alkyl halides is 3. The van der Waals surface area contributed by atoms with Crippen LogP contribution in [0.1, 0.15) is 5.56 Å². The van der Waals surface area contributed by atoms with Gasteiger partial charge in [-0.05, 0) is 52.4 Å². The first kappa shape index (κ1) is 22.7. The van der Waals surface area contributed by atoms with E-state index in [2.05, 4.69) is 0 Å². The molecule has 0 saturated heterocycles. The number of carboxylic acids is 1. The monoisotopic (exact) mass is 673 g/mol. The van der Waals surface area contributed by atoms with Gasteiger partial charge in [0.2, 0.25) is 0 Å². The number of halogens is 3. The Labute approximate surface area is 202 Å². The third-order valence-electron chi connectivity index (χ3n) is 3.04. The molecule has 0 fully saturated rings. The molecule has 0 saturated carbocycles. The fraction of sp³-hybridized carbons (Fsp3) is 0.133. The first-order valence-corrected chi connectivity index (χ1v) is 9.52. The number of benzene rings is 2. The number of ether oxygens (including phenoxy) is 1. The third kappa shape index (κ3) is 5.10. The van der Waals surface area contributed by atoms with Gasteiger partial charge < -0.3 is 20.7 Å². The molecule has 0 aliphatic rings. The van der Waals surface area contributed by atoms with Crippen LogP contribution in [0.25, 0.3) is 0 Å². The van der Waals surface area contributed by atoms with Gasteiger partial charge in [0.15, 0.2) is 3.55 Å². The molecule has 9 heteroatoms. The second-order valence-corrected chi connectivity index (χ2v) is 11.7. The summed E-state index contributed by atoms with van der Waals surface area (Å²) in [5.74, 6) is -0.0233. The number of hydrogen-bond donors (Lipinski definition) is 2. The summed E-state index contributed by atoms with van der Waals surface area (Å²) in [6.07, 6.45) is 0. The molecule has 0 unspecified atom stereocenters. The van der Waals surface area contributed by atoms with Gasteiger partial charge in [0.25, 0.3) is 0 Å². The zero-order valence-corrected chi connectivity index (χ0v) is 21.0. The zero-order chi connectivity index (χ0) is 17.3. The molecule has 5 nitrogen and oxygen atoms in total. The molecular weight excluding hydrogens is 662 g/mol. The van der Waals surface area contributed by atoms with Gasteiger partial charge in [-0.1, -0.05) is 69.4 Å². The first-order valence-electron chi connectivity index (χ1n) is 6.29. The molecule has 1 atom stereocenters. The molecular formula is C15H11I3NNaO4. The maximum Gasteiger partial charge on any atom is 1.00 e. The van der Waals surface area contributed by atoms with E-state index >= 15 is 0 Å². The van der Waals surface area contributed by atoms with Gasteiger partial charge in [0.1, 0.15) is 12.9 Å². The second kappa shape index (κ2) is 9.04. The smallest absolute Gasteiger partial charge is 0.872 e. The maximum atomic E-state index is 11.4. The van der Waals surface area contributed by atoms with E-state index in [0.29, 0.717) is 11.5 Å². The topological polar surface area (TPSA) is 95.6 Å². The molecule has 0 aliphatic carbocycles. The van der Waals surface area contributed by atoms with Gasteiger partial charge in [0, 0.05) is 0 Å². The van der Waals surface area contributed by atoms with E-state index in [0.717, 1.165) is 5.56 Å². The van der Waals surface area contributed by atoms with Crippen LogP contribution >= 0.6 is 67.8 Å². The molecule has 0 bridgehead atoms. The van der Waals surface area contributed by atoms with Crippen LogP contribution in [0.15, 0.2) is 48.5 Å². The molecule has 0 aliphatic heterocycles. The summed E-state index contributed by atoms with van der Waals surface area (Å²) in [7, 11) is 0. The zero-order valence-electron chi connectivity index (χ0n) is 12.5. The minimum atomic E-state index is -1.46. The summed E-state index contributed by atoms with van der Waals surface area (Å²) in [4.78, 5) is 11.4. The molecule has 0 radical (unpaired) electrons. The molecule has 2 aromatic carbocycles. The number of nitrogens with two attached hydrogens (primary N) is 1. The van der Waals surface area contributed by atoms with Gasteiger partial charge in [-0.25, -0.2) is 4.79 Å². The van der Waals surface area contributed by atoms with Crippen LogP contribution in [0, 0.1) is 0 Å². The maximum absolute atomic E-state index is 11.4. The van der Waals surface area contributed by atoms with Crippen molar-refractivity contribution in [3.05, 3.63) is 54.1 Å². The standard InChI is InChI=1S/C15H12I3NO4.Na/c16-14(17,15(18,19)13(21)22)9-1-5-11(6-2-9)23-12-7-3-10(20)4-8-12;/h1-8,20H,19H2,(H,21,22);/q;+1/p-1/t15-;/m1./s1. The van der Waals surface area contributed by atoms with Gasteiger partial charge in [-0.15, -0.1) is 5.75 Å². The number of carboxylic acid groups (broad SMARTS) is 1. The molecule has 122 valence electrons. The van der Waals surface area contributed by atoms with E-state index in [1.165, 1.54) is 12.1 Å². The van der Waals surface area contributed by atoms with Crippen molar-refractivity contribution in [1.29, 1.82) is 0 Å². The van der Waals surface area contributed by atoms with E-state index < -0.39 is 10.9 Å². The number of rotatable bonds is 5. The second-order valence-electron chi connectivity index (χ2n) is 4.69. The van der Waals surface area contributed by atoms with Crippen LogP contribution in [0.5, 0.6) is 17.2 Å². The summed E-state index contributed by atoms with van der Waals surface area (Å²) >= 11 is 5.82. The quantitative estimate of drug-likeness (QED) is 0.212.